The van der Waals surface area contributed by atoms with Crippen molar-refractivity contribution in [1.82, 2.24) is 15.3 Å². The Morgan fingerprint density at radius 2 is 2.14 bits per heavy atom. The number of pyridine rings is 1. The molecule has 158 valence electrons. The maximum atomic E-state index is 14.7. The molecule has 4 rings (SSSR count). The van der Waals surface area contributed by atoms with Crippen LogP contribution in [0.4, 0.5) is 4.39 Å². The monoisotopic (exact) mass is 423 g/mol. The van der Waals surface area contributed by atoms with Crippen LogP contribution in [0, 0.1) is 5.92 Å². The van der Waals surface area contributed by atoms with E-state index < -0.39 is 5.67 Å². The largest absolute Gasteiger partial charge is 0.474 e. The van der Waals surface area contributed by atoms with Crippen molar-refractivity contribution in [1.29, 1.82) is 0 Å². The fraction of sp³-hybridized carbons (Fsp3) is 0.650. The average Bonchev–Trinajstić information content (AvgIpc) is 3.38. The summed E-state index contributed by atoms with van der Waals surface area (Å²) in [6.07, 6.45) is 2.87. The van der Waals surface area contributed by atoms with Gasteiger partial charge in [-0.3, -0.25) is 4.79 Å². The van der Waals surface area contributed by atoms with Gasteiger partial charge in [0.2, 0.25) is 11.8 Å². The van der Waals surface area contributed by atoms with Crippen LogP contribution in [0.5, 0.6) is 11.1 Å². The fourth-order valence-electron chi connectivity index (χ4n) is 3.26. The van der Waals surface area contributed by atoms with Crippen molar-refractivity contribution in [2.24, 2.45) is 5.92 Å². The summed E-state index contributed by atoms with van der Waals surface area (Å²) in [7, 11) is 0. The molecule has 0 radical (unpaired) electrons. The second-order valence-electron chi connectivity index (χ2n) is 8.11. The number of aromatic nitrogens is 2. The van der Waals surface area contributed by atoms with E-state index in [2.05, 4.69) is 15.3 Å². The molecule has 2 fully saturated rings. The summed E-state index contributed by atoms with van der Waals surface area (Å²) in [5.74, 6) is 0.948. The molecule has 29 heavy (non-hydrogen) atoms. The topological polar surface area (TPSA) is 82.6 Å². The predicted octanol–water partition coefficient (Wildman–Crippen LogP) is 3.27. The smallest absolute Gasteiger partial charge is 0.275 e. The summed E-state index contributed by atoms with van der Waals surface area (Å²) >= 11 is 1.38. The Bertz CT molecular complexity index is 867. The Kier molecular flexibility index (Phi) is 5.87. The number of carbonyl (C=O) groups is 1. The third-order valence-corrected chi connectivity index (χ3v) is 5.92. The molecule has 7 nitrogen and oxygen atoms in total. The highest BCUT2D eigenvalue weighted by molar-refractivity contribution is 7.19. The molecule has 1 N–H and O–H groups in total. The fourth-order valence-corrected chi connectivity index (χ4v) is 4.05. The zero-order valence-electron chi connectivity index (χ0n) is 16.7. The number of nitrogens with one attached hydrogen (secondary N) is 1. The van der Waals surface area contributed by atoms with E-state index in [0.717, 1.165) is 10.3 Å². The number of hydrogen-bond donors (Lipinski definition) is 1. The van der Waals surface area contributed by atoms with Crippen LogP contribution in [0.25, 0.3) is 10.3 Å². The van der Waals surface area contributed by atoms with E-state index in [9.17, 15) is 9.18 Å². The van der Waals surface area contributed by atoms with Gasteiger partial charge in [-0.2, -0.15) is 0 Å². The molecule has 0 saturated heterocycles. The SMILES string of the molecule is CC(=O)N[C@@H](C)CO[C@H]1C[C@](F)(COc2ccc3nc(OCC4CC4)sc3n2)C1. The second kappa shape index (κ2) is 8.39. The van der Waals surface area contributed by atoms with Crippen molar-refractivity contribution in [3.8, 4) is 11.1 Å². The van der Waals surface area contributed by atoms with Gasteiger partial charge in [-0.1, -0.05) is 11.3 Å². The van der Waals surface area contributed by atoms with E-state index in [-0.39, 0.29) is 37.5 Å². The lowest BCUT2D eigenvalue weighted by Crippen LogP contribution is -2.50. The summed E-state index contributed by atoms with van der Waals surface area (Å²) in [5.41, 5.74) is -0.654. The van der Waals surface area contributed by atoms with E-state index in [1.165, 1.54) is 31.1 Å². The number of carbonyl (C=O) groups excluding carboxylic acids is 1. The first-order valence-corrected chi connectivity index (χ1v) is 10.8. The molecule has 0 bridgehead atoms. The lowest BCUT2D eigenvalue weighted by Gasteiger charge is -2.40. The molecule has 2 aliphatic rings. The minimum atomic E-state index is -1.41. The summed E-state index contributed by atoms with van der Waals surface area (Å²) < 4.78 is 31.7. The number of alkyl halides is 1. The summed E-state index contributed by atoms with van der Waals surface area (Å²) in [6.45, 7) is 4.34. The van der Waals surface area contributed by atoms with Gasteiger partial charge in [-0.25, -0.2) is 14.4 Å². The second-order valence-corrected chi connectivity index (χ2v) is 9.05. The van der Waals surface area contributed by atoms with Crippen molar-refractivity contribution in [3.05, 3.63) is 12.1 Å². The van der Waals surface area contributed by atoms with Gasteiger partial charge in [0.15, 0.2) is 4.83 Å². The lowest BCUT2D eigenvalue weighted by molar-refractivity contribution is -0.125. The molecular formula is C20H26FN3O4S. The highest BCUT2D eigenvalue weighted by atomic mass is 32.1. The molecular weight excluding hydrogens is 397 g/mol. The maximum Gasteiger partial charge on any atom is 0.275 e. The molecule has 0 aromatic carbocycles. The number of halogens is 1. The molecule has 1 amide bonds. The van der Waals surface area contributed by atoms with Gasteiger partial charge >= 0.3 is 0 Å². The van der Waals surface area contributed by atoms with Gasteiger partial charge in [0.05, 0.1) is 19.3 Å². The van der Waals surface area contributed by atoms with E-state index in [0.29, 0.717) is 30.2 Å². The normalized spacial score (nSPS) is 24.7. The lowest BCUT2D eigenvalue weighted by atomic mass is 9.79. The van der Waals surface area contributed by atoms with Gasteiger partial charge in [0.25, 0.3) is 5.19 Å². The van der Waals surface area contributed by atoms with Crippen molar-refractivity contribution in [2.75, 3.05) is 19.8 Å². The highest BCUT2D eigenvalue weighted by Gasteiger charge is 2.46. The molecule has 2 heterocycles. The van der Waals surface area contributed by atoms with Gasteiger partial charge in [0, 0.05) is 31.9 Å². The van der Waals surface area contributed by atoms with E-state index in [1.54, 1.807) is 6.07 Å². The van der Waals surface area contributed by atoms with Gasteiger partial charge < -0.3 is 19.5 Å². The van der Waals surface area contributed by atoms with Gasteiger partial charge in [-0.15, -0.1) is 0 Å². The first kappa shape index (κ1) is 20.3. The standard InChI is InChI=1S/C20H26FN3O4S/c1-12(22-13(2)25)9-26-15-7-20(21,8-15)11-28-17-6-5-16-18(24-17)29-19(23-16)27-10-14-3-4-14/h5-6,12,14-15H,3-4,7-11H2,1-2H3,(H,22,25)/t12-,15-,20+/m0/s1. The summed E-state index contributed by atoms with van der Waals surface area (Å²) in [5, 5.41) is 3.36. The Labute approximate surface area is 173 Å². The van der Waals surface area contributed by atoms with Crippen molar-refractivity contribution in [2.45, 2.75) is 57.3 Å². The molecule has 1 atom stereocenters. The first-order valence-electron chi connectivity index (χ1n) is 9.99. The number of nitrogens with zero attached hydrogens (tertiary/aromatic N) is 2. The first-order chi connectivity index (χ1) is 13.9. The Morgan fingerprint density at radius 3 is 2.86 bits per heavy atom. The van der Waals surface area contributed by atoms with Crippen LogP contribution < -0.4 is 14.8 Å². The number of amides is 1. The van der Waals surface area contributed by atoms with Crippen LogP contribution in [-0.2, 0) is 9.53 Å². The minimum absolute atomic E-state index is 0.0591. The Balaban J connectivity index is 1.22. The van der Waals surface area contributed by atoms with Crippen molar-refractivity contribution in [3.63, 3.8) is 0 Å². The zero-order valence-corrected chi connectivity index (χ0v) is 17.5. The van der Waals surface area contributed by atoms with E-state index in [4.69, 9.17) is 14.2 Å². The Hall–Kier alpha value is -2.00. The third-order valence-electron chi connectivity index (χ3n) is 5.05. The number of ether oxygens (including phenoxy) is 3. The number of hydrogen-bond acceptors (Lipinski definition) is 7. The van der Waals surface area contributed by atoms with E-state index in [1.807, 2.05) is 13.0 Å². The van der Waals surface area contributed by atoms with Crippen LogP contribution in [0.15, 0.2) is 12.1 Å². The summed E-state index contributed by atoms with van der Waals surface area (Å²) in [6, 6.07) is 3.43. The Morgan fingerprint density at radius 1 is 1.34 bits per heavy atom. The summed E-state index contributed by atoms with van der Waals surface area (Å²) in [4.78, 5) is 20.6. The van der Waals surface area contributed by atoms with E-state index >= 15 is 0 Å². The third kappa shape index (κ3) is 5.54. The van der Waals surface area contributed by atoms with Crippen LogP contribution in [0.2, 0.25) is 0 Å². The predicted molar refractivity (Wildman–Crippen MR) is 107 cm³/mol. The molecule has 2 aromatic rings. The van der Waals surface area contributed by atoms with Crippen LogP contribution in [0.1, 0.15) is 39.5 Å². The highest BCUT2D eigenvalue weighted by Crippen LogP contribution is 2.39. The van der Waals surface area contributed by atoms with Crippen LogP contribution >= 0.6 is 11.3 Å². The average molecular weight is 424 g/mol. The van der Waals surface area contributed by atoms with Crippen LogP contribution in [0.3, 0.4) is 0 Å². The quantitative estimate of drug-likeness (QED) is 0.632. The number of fused-ring (bicyclic) bond motifs is 1. The van der Waals surface area contributed by atoms with Crippen LogP contribution in [-0.4, -0.2) is 53.5 Å². The molecule has 2 saturated carbocycles. The molecule has 2 aliphatic carbocycles. The number of thiazole rings is 1. The zero-order chi connectivity index (χ0) is 20.4. The van der Waals surface area contributed by atoms with Gasteiger partial charge in [-0.05, 0) is 31.7 Å². The molecule has 0 aliphatic heterocycles. The van der Waals surface area contributed by atoms with Gasteiger partial charge in [0.1, 0.15) is 17.8 Å². The van der Waals surface area contributed by atoms with Crippen molar-refractivity contribution >= 4 is 27.6 Å². The molecule has 0 spiro atoms. The minimum Gasteiger partial charge on any atom is -0.474 e. The van der Waals surface area contributed by atoms with Crippen molar-refractivity contribution < 1.29 is 23.4 Å². The molecule has 0 unspecified atom stereocenters. The maximum absolute atomic E-state index is 14.7. The number of rotatable bonds is 10. The molecule has 9 heteroatoms. The molecule has 2 aromatic heterocycles.